The number of hydrogen-bond donors (Lipinski definition) is 1. The number of aryl methyl sites for hydroxylation is 1. The Labute approximate surface area is 137 Å². The zero-order valence-electron chi connectivity index (χ0n) is 11.7. The summed E-state index contributed by atoms with van der Waals surface area (Å²) in [5.41, 5.74) is 2.04. The van der Waals surface area contributed by atoms with Crippen LogP contribution in [0.2, 0.25) is 5.02 Å². The van der Waals surface area contributed by atoms with Crippen molar-refractivity contribution in [3.63, 3.8) is 0 Å². The van der Waals surface area contributed by atoms with Gasteiger partial charge in [0.2, 0.25) is 0 Å². The third kappa shape index (κ3) is 2.13. The molecule has 1 N–H and O–H groups in total. The maximum Gasteiger partial charge on any atom is 0.186 e. The number of aromatic nitrogens is 2. The van der Waals surface area contributed by atoms with E-state index in [0.717, 1.165) is 33.5 Å². The second-order valence-corrected chi connectivity index (χ2v) is 6.60. The van der Waals surface area contributed by atoms with Crippen molar-refractivity contribution < 1.29 is 13.2 Å². The van der Waals surface area contributed by atoms with E-state index >= 15 is 0 Å². The Hall–Kier alpha value is -2.05. The molecule has 2 aromatic carbocycles. The molecule has 0 spiro atoms. The first-order valence-electron chi connectivity index (χ1n) is 6.68. The normalized spacial score (nSPS) is 11.7. The van der Waals surface area contributed by atoms with Gasteiger partial charge in [0.05, 0.1) is 4.70 Å². The molecule has 2 aromatic heterocycles. The predicted octanol–water partition coefficient (Wildman–Crippen LogP) is 5.82. The van der Waals surface area contributed by atoms with E-state index < -0.39 is 17.5 Å². The standard InChI is InChI=1S/C16H8ClF3N2S/c1-6-12(8-3-2-7(17)4-11(8)21-6)16-22-14-13(20)9(18)5-10(19)15(14)23-16/h2-5,21H,1H3. The molecule has 0 bridgehead atoms. The first-order chi connectivity index (χ1) is 11.0. The van der Waals surface area contributed by atoms with Crippen LogP contribution in [-0.2, 0) is 0 Å². The van der Waals surface area contributed by atoms with Crippen molar-refractivity contribution in [2.24, 2.45) is 0 Å². The zero-order chi connectivity index (χ0) is 16.3. The van der Waals surface area contributed by atoms with Gasteiger partial charge in [-0.15, -0.1) is 11.3 Å². The highest BCUT2D eigenvalue weighted by atomic mass is 35.5. The van der Waals surface area contributed by atoms with Crippen LogP contribution in [0, 0.1) is 24.4 Å². The highest BCUT2D eigenvalue weighted by molar-refractivity contribution is 7.21. The highest BCUT2D eigenvalue weighted by Gasteiger charge is 2.20. The van der Waals surface area contributed by atoms with Gasteiger partial charge in [-0.3, -0.25) is 0 Å². The number of nitrogens with zero attached hydrogens (tertiary/aromatic N) is 1. The number of rotatable bonds is 1. The molecule has 0 aliphatic carbocycles. The minimum atomic E-state index is -1.24. The number of halogens is 4. The van der Waals surface area contributed by atoms with Crippen molar-refractivity contribution >= 4 is 44.1 Å². The Morgan fingerprint density at radius 2 is 1.91 bits per heavy atom. The fourth-order valence-corrected chi connectivity index (χ4v) is 3.93. The molecular formula is C16H8ClF3N2S. The fraction of sp³-hybridized carbons (Fsp3) is 0.0625. The Balaban J connectivity index is 2.05. The highest BCUT2D eigenvalue weighted by Crippen LogP contribution is 2.39. The number of aromatic amines is 1. The van der Waals surface area contributed by atoms with E-state index in [1.807, 2.05) is 13.0 Å². The van der Waals surface area contributed by atoms with E-state index in [2.05, 4.69) is 9.97 Å². The van der Waals surface area contributed by atoms with Gasteiger partial charge in [0.1, 0.15) is 16.3 Å². The number of fused-ring (bicyclic) bond motifs is 2. The summed E-state index contributed by atoms with van der Waals surface area (Å²) in [5, 5.41) is 1.84. The summed E-state index contributed by atoms with van der Waals surface area (Å²) in [5.74, 6) is -3.19. The van der Waals surface area contributed by atoms with Crippen LogP contribution >= 0.6 is 22.9 Å². The molecule has 0 aliphatic heterocycles. The lowest BCUT2D eigenvalue weighted by atomic mass is 10.1. The molecule has 0 atom stereocenters. The molecule has 0 unspecified atom stereocenters. The molecule has 4 rings (SSSR count). The summed E-state index contributed by atoms with van der Waals surface area (Å²) < 4.78 is 41.1. The average Bonchev–Trinajstić information content (AvgIpc) is 3.05. The van der Waals surface area contributed by atoms with E-state index in [4.69, 9.17) is 11.6 Å². The first kappa shape index (κ1) is 14.5. The first-order valence-corrected chi connectivity index (χ1v) is 7.87. The van der Waals surface area contributed by atoms with E-state index in [9.17, 15) is 13.2 Å². The van der Waals surface area contributed by atoms with E-state index in [1.165, 1.54) is 0 Å². The molecule has 0 fully saturated rings. The zero-order valence-corrected chi connectivity index (χ0v) is 13.2. The van der Waals surface area contributed by atoms with Gasteiger partial charge < -0.3 is 4.98 Å². The number of H-pyrrole nitrogens is 1. The van der Waals surface area contributed by atoms with E-state index in [0.29, 0.717) is 16.1 Å². The van der Waals surface area contributed by atoms with Gasteiger partial charge in [-0.2, -0.15) is 0 Å². The van der Waals surface area contributed by atoms with Gasteiger partial charge in [0.25, 0.3) is 0 Å². The quantitative estimate of drug-likeness (QED) is 0.429. The second kappa shape index (κ2) is 4.97. The fourth-order valence-electron chi connectivity index (χ4n) is 2.67. The van der Waals surface area contributed by atoms with Crippen LogP contribution in [0.5, 0.6) is 0 Å². The minimum absolute atomic E-state index is 0.00149. The molecule has 0 amide bonds. The van der Waals surface area contributed by atoms with Gasteiger partial charge in [-0.1, -0.05) is 17.7 Å². The predicted molar refractivity (Wildman–Crippen MR) is 86.5 cm³/mol. The van der Waals surface area contributed by atoms with Crippen LogP contribution in [-0.4, -0.2) is 9.97 Å². The third-order valence-electron chi connectivity index (χ3n) is 3.68. The van der Waals surface area contributed by atoms with Crippen LogP contribution in [0.1, 0.15) is 5.69 Å². The molecule has 0 saturated carbocycles. The largest absolute Gasteiger partial charge is 0.358 e. The lowest BCUT2D eigenvalue weighted by Crippen LogP contribution is -1.88. The summed E-state index contributed by atoms with van der Waals surface area (Å²) in [6.07, 6.45) is 0. The maximum absolute atomic E-state index is 13.9. The van der Waals surface area contributed by atoms with Crippen LogP contribution in [0.3, 0.4) is 0 Å². The van der Waals surface area contributed by atoms with Crippen molar-refractivity contribution in [2.75, 3.05) is 0 Å². The average molecular weight is 353 g/mol. The monoisotopic (exact) mass is 352 g/mol. The molecular weight excluding hydrogens is 345 g/mol. The van der Waals surface area contributed by atoms with Crippen LogP contribution in [0.15, 0.2) is 24.3 Å². The number of nitrogens with one attached hydrogen (secondary N) is 1. The Kier molecular flexibility index (Phi) is 3.14. The summed E-state index contributed by atoms with van der Waals surface area (Å²) in [6, 6.07) is 5.85. The lowest BCUT2D eigenvalue weighted by Gasteiger charge is -1.96. The molecule has 23 heavy (non-hydrogen) atoms. The van der Waals surface area contributed by atoms with Crippen LogP contribution in [0.4, 0.5) is 13.2 Å². The van der Waals surface area contributed by atoms with Crippen molar-refractivity contribution in [3.8, 4) is 10.6 Å². The minimum Gasteiger partial charge on any atom is -0.358 e. The van der Waals surface area contributed by atoms with Crippen molar-refractivity contribution in [2.45, 2.75) is 6.92 Å². The molecule has 116 valence electrons. The van der Waals surface area contributed by atoms with Crippen molar-refractivity contribution in [1.82, 2.24) is 9.97 Å². The van der Waals surface area contributed by atoms with Gasteiger partial charge in [0.15, 0.2) is 11.6 Å². The summed E-state index contributed by atoms with van der Waals surface area (Å²) in [6.45, 7) is 1.84. The third-order valence-corrected chi connectivity index (χ3v) is 4.99. The number of hydrogen-bond acceptors (Lipinski definition) is 2. The Bertz CT molecular complexity index is 1080. The maximum atomic E-state index is 13.9. The molecule has 2 heterocycles. The number of thiazole rings is 1. The van der Waals surface area contributed by atoms with Gasteiger partial charge in [-0.25, -0.2) is 18.2 Å². The summed E-state index contributed by atoms with van der Waals surface area (Å²) >= 11 is 6.97. The van der Waals surface area contributed by atoms with Crippen molar-refractivity contribution in [1.29, 1.82) is 0 Å². The summed E-state index contributed by atoms with van der Waals surface area (Å²) in [7, 11) is 0. The lowest BCUT2D eigenvalue weighted by molar-refractivity contribution is 0.505. The molecule has 0 aliphatic rings. The van der Waals surface area contributed by atoms with Gasteiger partial charge in [0, 0.05) is 33.2 Å². The Morgan fingerprint density at radius 1 is 1.13 bits per heavy atom. The van der Waals surface area contributed by atoms with E-state index in [1.54, 1.807) is 12.1 Å². The molecule has 4 aromatic rings. The molecule has 2 nitrogen and oxygen atoms in total. The molecule has 0 radical (unpaired) electrons. The molecule has 7 heteroatoms. The number of benzene rings is 2. The summed E-state index contributed by atoms with van der Waals surface area (Å²) in [4.78, 5) is 7.29. The van der Waals surface area contributed by atoms with E-state index in [-0.39, 0.29) is 10.2 Å². The van der Waals surface area contributed by atoms with Crippen molar-refractivity contribution in [3.05, 3.63) is 52.4 Å². The van der Waals surface area contributed by atoms with Crippen LogP contribution < -0.4 is 0 Å². The smallest absolute Gasteiger partial charge is 0.186 e. The van der Waals surface area contributed by atoms with Gasteiger partial charge in [-0.05, 0) is 19.1 Å². The van der Waals surface area contributed by atoms with Crippen LogP contribution in [0.25, 0.3) is 31.7 Å². The van der Waals surface area contributed by atoms with Gasteiger partial charge >= 0.3 is 0 Å². The molecule has 0 saturated heterocycles. The topological polar surface area (TPSA) is 28.7 Å². The second-order valence-electron chi connectivity index (χ2n) is 5.17. The SMILES string of the molecule is Cc1[nH]c2cc(Cl)ccc2c1-c1nc2c(F)c(F)cc(F)c2s1. The Morgan fingerprint density at radius 3 is 2.70 bits per heavy atom.